The van der Waals surface area contributed by atoms with Gasteiger partial charge in [0.1, 0.15) is 0 Å². The van der Waals surface area contributed by atoms with Crippen LogP contribution in [-0.2, 0) is 11.8 Å². The summed E-state index contributed by atoms with van der Waals surface area (Å²) in [5.41, 5.74) is 6.99. The van der Waals surface area contributed by atoms with Crippen molar-refractivity contribution in [3.05, 3.63) is 28.2 Å². The number of rotatable bonds is 3. The molecule has 102 valence electrons. The molecule has 0 radical (unpaired) electrons. The van der Waals surface area contributed by atoms with E-state index in [-0.39, 0.29) is 29.8 Å². The van der Waals surface area contributed by atoms with Crippen LogP contribution < -0.4 is 16.6 Å². The molecule has 1 heterocycles. The molecule has 5 nitrogen and oxygen atoms in total. The molecule has 1 amide bonds. The van der Waals surface area contributed by atoms with Crippen LogP contribution in [0.15, 0.2) is 17.1 Å². The Morgan fingerprint density at radius 3 is 2.50 bits per heavy atom. The Hall–Kier alpha value is -1.33. The van der Waals surface area contributed by atoms with Crippen molar-refractivity contribution in [2.24, 2.45) is 18.7 Å². The van der Waals surface area contributed by atoms with E-state index in [0.29, 0.717) is 5.69 Å². The van der Waals surface area contributed by atoms with Crippen molar-refractivity contribution in [2.75, 3.05) is 5.32 Å². The molecule has 0 unspecified atom stereocenters. The number of nitrogens with zero attached hydrogens (tertiary/aromatic N) is 1. The number of amides is 1. The highest BCUT2D eigenvalue weighted by molar-refractivity contribution is 5.95. The van der Waals surface area contributed by atoms with Crippen molar-refractivity contribution >= 4 is 24.0 Å². The molecule has 0 aliphatic carbocycles. The number of anilines is 1. The fourth-order valence-electron chi connectivity index (χ4n) is 1.37. The van der Waals surface area contributed by atoms with Crippen molar-refractivity contribution in [1.82, 2.24) is 4.57 Å². The van der Waals surface area contributed by atoms with Gasteiger partial charge in [-0.25, -0.2) is 0 Å². The number of aryl methyl sites for hydroxylation is 2. The van der Waals surface area contributed by atoms with Gasteiger partial charge in [-0.3, -0.25) is 9.59 Å². The third kappa shape index (κ3) is 3.85. The summed E-state index contributed by atoms with van der Waals surface area (Å²) < 4.78 is 1.42. The molecule has 1 atom stereocenters. The number of aromatic nitrogens is 1. The summed E-state index contributed by atoms with van der Waals surface area (Å²) in [5, 5.41) is 2.74. The summed E-state index contributed by atoms with van der Waals surface area (Å²) in [6, 6.07) is 0.933. The highest BCUT2D eigenvalue weighted by Crippen LogP contribution is 2.12. The van der Waals surface area contributed by atoms with Gasteiger partial charge in [0.05, 0.1) is 11.7 Å². The summed E-state index contributed by atoms with van der Waals surface area (Å²) in [7, 11) is 1.64. The van der Waals surface area contributed by atoms with E-state index in [9.17, 15) is 9.59 Å². The zero-order valence-corrected chi connectivity index (χ0v) is 11.9. The second kappa shape index (κ2) is 6.56. The lowest BCUT2D eigenvalue weighted by molar-refractivity contribution is -0.118. The normalized spacial score (nSPS) is 11.9. The molecule has 1 rings (SSSR count). The van der Waals surface area contributed by atoms with Crippen LogP contribution in [0.25, 0.3) is 0 Å². The first-order chi connectivity index (χ1) is 7.82. The fourth-order valence-corrected chi connectivity index (χ4v) is 1.37. The number of pyridine rings is 1. The number of nitrogens with one attached hydrogen (secondary N) is 1. The smallest absolute Gasteiger partial charge is 0.250 e. The first kappa shape index (κ1) is 16.7. The number of carbonyl (C=O) groups excluding carboxylic acids is 1. The zero-order chi connectivity index (χ0) is 13.2. The molecule has 1 aromatic rings. The molecule has 0 aliphatic heterocycles. The number of nitrogens with two attached hydrogens (primary N) is 1. The van der Waals surface area contributed by atoms with Gasteiger partial charge in [-0.15, -0.1) is 12.4 Å². The Labute approximate surface area is 113 Å². The van der Waals surface area contributed by atoms with Gasteiger partial charge < -0.3 is 15.6 Å². The van der Waals surface area contributed by atoms with Crippen LogP contribution in [0.5, 0.6) is 0 Å². The van der Waals surface area contributed by atoms with Crippen LogP contribution in [0.4, 0.5) is 5.69 Å². The summed E-state index contributed by atoms with van der Waals surface area (Å²) in [4.78, 5) is 23.1. The standard InChI is InChI=1S/C12H19N3O2.ClH/c1-7(2)11(13)12(17)14-9-6-15(4)10(16)5-8(9)3;/h5-7,11H,13H2,1-4H3,(H,14,17);1H/t11-;/m0./s1. The third-order valence-corrected chi connectivity index (χ3v) is 2.71. The lowest BCUT2D eigenvalue weighted by Gasteiger charge is -2.16. The second-order valence-corrected chi connectivity index (χ2v) is 4.58. The second-order valence-electron chi connectivity index (χ2n) is 4.58. The number of hydrogen-bond acceptors (Lipinski definition) is 3. The third-order valence-electron chi connectivity index (χ3n) is 2.71. The first-order valence-electron chi connectivity index (χ1n) is 5.56. The topological polar surface area (TPSA) is 77.1 Å². The molecule has 0 saturated carbocycles. The Balaban J connectivity index is 0.00000289. The van der Waals surface area contributed by atoms with Crippen molar-refractivity contribution in [2.45, 2.75) is 26.8 Å². The number of carbonyl (C=O) groups is 1. The van der Waals surface area contributed by atoms with Gasteiger partial charge in [0.15, 0.2) is 0 Å². The van der Waals surface area contributed by atoms with Gasteiger partial charge in [-0.1, -0.05) is 13.8 Å². The van der Waals surface area contributed by atoms with Crippen LogP contribution in [0, 0.1) is 12.8 Å². The van der Waals surface area contributed by atoms with Gasteiger partial charge >= 0.3 is 0 Å². The van der Waals surface area contributed by atoms with Crippen molar-refractivity contribution in [3.8, 4) is 0 Å². The summed E-state index contributed by atoms with van der Waals surface area (Å²) in [6.07, 6.45) is 1.60. The predicted octanol–water partition coefficient (Wildman–Crippen LogP) is 1.04. The van der Waals surface area contributed by atoms with Crippen LogP contribution in [0.2, 0.25) is 0 Å². The van der Waals surface area contributed by atoms with Crippen molar-refractivity contribution in [1.29, 1.82) is 0 Å². The van der Waals surface area contributed by atoms with Crippen molar-refractivity contribution < 1.29 is 4.79 Å². The maximum Gasteiger partial charge on any atom is 0.250 e. The maximum atomic E-state index is 11.8. The monoisotopic (exact) mass is 273 g/mol. The average molecular weight is 274 g/mol. The molecule has 1 aromatic heterocycles. The minimum absolute atomic E-state index is 0. The molecule has 0 spiro atoms. The van der Waals surface area contributed by atoms with Crippen LogP contribution in [-0.4, -0.2) is 16.5 Å². The lowest BCUT2D eigenvalue weighted by atomic mass is 10.0. The molecule has 0 aromatic carbocycles. The molecule has 0 fully saturated rings. The SMILES string of the molecule is Cc1cc(=O)n(C)cc1NC(=O)[C@@H](N)C(C)C.Cl. The largest absolute Gasteiger partial charge is 0.323 e. The molecule has 0 bridgehead atoms. The lowest BCUT2D eigenvalue weighted by Crippen LogP contribution is -2.40. The van der Waals surface area contributed by atoms with E-state index in [0.717, 1.165) is 5.56 Å². The van der Waals surface area contributed by atoms with Crippen LogP contribution >= 0.6 is 12.4 Å². The fraction of sp³-hybridized carbons (Fsp3) is 0.500. The Morgan fingerprint density at radius 2 is 2.00 bits per heavy atom. The molecular weight excluding hydrogens is 254 g/mol. The van der Waals surface area contributed by atoms with Gasteiger partial charge in [-0.05, 0) is 18.4 Å². The van der Waals surface area contributed by atoms with Crippen molar-refractivity contribution in [3.63, 3.8) is 0 Å². The predicted molar refractivity (Wildman–Crippen MR) is 75.1 cm³/mol. The van der Waals surface area contributed by atoms with E-state index in [4.69, 9.17) is 5.73 Å². The maximum absolute atomic E-state index is 11.8. The van der Waals surface area contributed by atoms with E-state index in [1.54, 1.807) is 20.2 Å². The van der Waals surface area contributed by atoms with E-state index < -0.39 is 6.04 Å². The number of hydrogen-bond donors (Lipinski definition) is 2. The van der Waals surface area contributed by atoms with E-state index in [1.165, 1.54) is 10.6 Å². The highest BCUT2D eigenvalue weighted by atomic mass is 35.5. The van der Waals surface area contributed by atoms with Crippen LogP contribution in [0.1, 0.15) is 19.4 Å². The van der Waals surface area contributed by atoms with Gasteiger partial charge in [0, 0.05) is 19.3 Å². The minimum Gasteiger partial charge on any atom is -0.323 e. The number of halogens is 1. The quantitative estimate of drug-likeness (QED) is 0.864. The van der Waals surface area contributed by atoms with Gasteiger partial charge in [-0.2, -0.15) is 0 Å². The van der Waals surface area contributed by atoms with E-state index in [2.05, 4.69) is 5.32 Å². The van der Waals surface area contributed by atoms with Gasteiger partial charge in [0.2, 0.25) is 5.91 Å². The Morgan fingerprint density at radius 1 is 1.44 bits per heavy atom. The van der Waals surface area contributed by atoms with E-state index in [1.807, 2.05) is 13.8 Å². The zero-order valence-electron chi connectivity index (χ0n) is 11.1. The summed E-state index contributed by atoms with van der Waals surface area (Å²) >= 11 is 0. The Kier molecular flexibility index (Phi) is 6.08. The summed E-state index contributed by atoms with van der Waals surface area (Å²) in [6.45, 7) is 5.55. The highest BCUT2D eigenvalue weighted by Gasteiger charge is 2.18. The average Bonchev–Trinajstić information content (AvgIpc) is 2.24. The Bertz CT molecular complexity index is 483. The molecule has 3 N–H and O–H groups in total. The molecule has 6 heteroatoms. The molecular formula is C12H20ClN3O2. The van der Waals surface area contributed by atoms with Gasteiger partial charge in [0.25, 0.3) is 5.56 Å². The molecule has 18 heavy (non-hydrogen) atoms. The minimum atomic E-state index is -0.549. The van der Waals surface area contributed by atoms with Crippen LogP contribution in [0.3, 0.4) is 0 Å². The molecule has 0 saturated heterocycles. The molecule has 0 aliphatic rings. The first-order valence-corrected chi connectivity index (χ1v) is 5.56. The van der Waals surface area contributed by atoms with E-state index >= 15 is 0 Å². The summed E-state index contributed by atoms with van der Waals surface area (Å²) in [5.74, 6) is -0.162.